The second-order valence-corrected chi connectivity index (χ2v) is 4.05. The van der Waals surface area contributed by atoms with E-state index in [1.165, 1.54) is 0 Å². The lowest BCUT2D eigenvalue weighted by atomic mass is 10.1. The van der Waals surface area contributed by atoms with Crippen LogP contribution in [0.5, 0.6) is 0 Å². The topological polar surface area (TPSA) is 181 Å². The second-order valence-electron chi connectivity index (χ2n) is 4.05. The average molecular weight is 301 g/mol. The van der Waals surface area contributed by atoms with Gasteiger partial charge in [-0.2, -0.15) is 0 Å². The summed E-state index contributed by atoms with van der Waals surface area (Å²) in [5, 5.41) is 28.7. The molecule has 1 rings (SSSR count). The average Bonchev–Trinajstić information content (AvgIpc) is 2.79. The number of carbonyl (C=O) groups is 3. The van der Waals surface area contributed by atoms with E-state index in [4.69, 9.17) is 20.4 Å². The van der Waals surface area contributed by atoms with Crippen LogP contribution in [-0.2, 0) is 11.2 Å². The van der Waals surface area contributed by atoms with Crippen molar-refractivity contribution in [3.8, 4) is 0 Å². The zero-order chi connectivity index (χ0) is 15.8. The van der Waals surface area contributed by atoms with Gasteiger partial charge in [0.1, 0.15) is 12.5 Å². The first kappa shape index (κ1) is 16.2. The van der Waals surface area contributed by atoms with Crippen molar-refractivity contribution in [2.75, 3.05) is 6.54 Å². The molecule has 0 radical (unpaired) electrons. The molecule has 116 valence electrons. The molecule has 11 nitrogen and oxygen atoms in total. The Balaban J connectivity index is 2.63. The lowest BCUT2D eigenvalue weighted by Gasteiger charge is -2.12. The second kappa shape index (κ2) is 7.67. The molecule has 1 aromatic heterocycles. The first-order valence-electron chi connectivity index (χ1n) is 5.95. The van der Waals surface area contributed by atoms with Gasteiger partial charge in [-0.1, -0.05) is 0 Å². The first-order chi connectivity index (χ1) is 9.88. The Bertz CT molecular complexity index is 516. The van der Waals surface area contributed by atoms with Crippen LogP contribution in [0.25, 0.3) is 0 Å². The van der Waals surface area contributed by atoms with Gasteiger partial charge in [-0.3, -0.25) is 4.79 Å². The zero-order valence-corrected chi connectivity index (χ0v) is 10.9. The number of nitrogens with zero attached hydrogens (tertiary/aromatic N) is 2. The highest BCUT2D eigenvalue weighted by molar-refractivity contribution is 5.75. The van der Waals surface area contributed by atoms with Gasteiger partial charge in [-0.25, -0.2) is 9.59 Å². The van der Waals surface area contributed by atoms with Crippen molar-refractivity contribution in [1.29, 1.82) is 0 Å². The third kappa shape index (κ3) is 6.22. The molecule has 0 aliphatic rings. The van der Waals surface area contributed by atoms with Crippen LogP contribution in [0, 0.1) is 0 Å². The number of amides is 3. The fraction of sp³-hybridized carbons (Fsp3) is 0.500. The van der Waals surface area contributed by atoms with E-state index in [2.05, 4.69) is 20.8 Å². The SMILES string of the molecule is NC(=O)Cc1nnc(C(CCCNC(=O)O)NC(=O)O)o1. The highest BCUT2D eigenvalue weighted by atomic mass is 16.4. The predicted octanol–water partition coefficient (Wildman–Crippen LogP) is -0.546. The van der Waals surface area contributed by atoms with Gasteiger partial charge in [0.25, 0.3) is 0 Å². The van der Waals surface area contributed by atoms with Crippen molar-refractivity contribution in [1.82, 2.24) is 20.8 Å². The van der Waals surface area contributed by atoms with Crippen LogP contribution in [0.4, 0.5) is 9.59 Å². The molecule has 0 bridgehead atoms. The number of nitrogens with one attached hydrogen (secondary N) is 2. The van der Waals surface area contributed by atoms with Crippen molar-refractivity contribution in [3.63, 3.8) is 0 Å². The molecule has 6 N–H and O–H groups in total. The van der Waals surface area contributed by atoms with Crippen molar-refractivity contribution < 1.29 is 29.0 Å². The van der Waals surface area contributed by atoms with E-state index in [-0.39, 0.29) is 31.2 Å². The van der Waals surface area contributed by atoms with Gasteiger partial charge in [0.05, 0.1) is 0 Å². The van der Waals surface area contributed by atoms with Crippen molar-refractivity contribution in [3.05, 3.63) is 11.8 Å². The van der Waals surface area contributed by atoms with Crippen LogP contribution in [-0.4, -0.2) is 45.0 Å². The molecule has 1 aromatic rings. The molecule has 0 spiro atoms. The molecule has 1 atom stereocenters. The smallest absolute Gasteiger partial charge is 0.405 e. The maximum atomic E-state index is 10.7. The van der Waals surface area contributed by atoms with Gasteiger partial charge in [-0.15, -0.1) is 10.2 Å². The van der Waals surface area contributed by atoms with Crippen molar-refractivity contribution in [2.24, 2.45) is 5.73 Å². The van der Waals surface area contributed by atoms with E-state index in [1.807, 2.05) is 0 Å². The maximum Gasteiger partial charge on any atom is 0.405 e. The fourth-order valence-electron chi connectivity index (χ4n) is 1.54. The number of carboxylic acid groups (broad SMARTS) is 2. The molecule has 0 aliphatic heterocycles. The monoisotopic (exact) mass is 301 g/mol. The maximum absolute atomic E-state index is 10.7. The summed E-state index contributed by atoms with van der Waals surface area (Å²) >= 11 is 0. The minimum atomic E-state index is -1.29. The molecular weight excluding hydrogens is 286 g/mol. The number of aromatic nitrogens is 2. The Morgan fingerprint density at radius 1 is 1.24 bits per heavy atom. The molecule has 1 unspecified atom stereocenters. The van der Waals surface area contributed by atoms with Gasteiger partial charge in [0, 0.05) is 6.54 Å². The van der Waals surface area contributed by atoms with Gasteiger partial charge < -0.3 is 31.0 Å². The molecule has 0 aliphatic carbocycles. The number of hydrogen-bond donors (Lipinski definition) is 5. The summed E-state index contributed by atoms with van der Waals surface area (Å²) in [4.78, 5) is 31.7. The number of rotatable bonds is 8. The quantitative estimate of drug-likeness (QED) is 0.396. The molecular formula is C10H15N5O6. The van der Waals surface area contributed by atoms with Gasteiger partial charge in [-0.05, 0) is 12.8 Å². The highest BCUT2D eigenvalue weighted by Crippen LogP contribution is 2.17. The summed E-state index contributed by atoms with van der Waals surface area (Å²) in [6, 6.07) is -0.799. The fourth-order valence-corrected chi connectivity index (χ4v) is 1.54. The predicted molar refractivity (Wildman–Crippen MR) is 66.4 cm³/mol. The minimum absolute atomic E-state index is 0.0102. The summed E-state index contributed by atoms with van der Waals surface area (Å²) in [5.74, 6) is -0.680. The lowest BCUT2D eigenvalue weighted by Crippen LogP contribution is -2.28. The molecule has 0 fully saturated rings. The zero-order valence-electron chi connectivity index (χ0n) is 10.9. The van der Waals surface area contributed by atoms with Crippen molar-refractivity contribution in [2.45, 2.75) is 25.3 Å². The minimum Gasteiger partial charge on any atom is -0.465 e. The normalized spacial score (nSPS) is 11.6. The third-order valence-corrected chi connectivity index (χ3v) is 2.35. The largest absolute Gasteiger partial charge is 0.465 e. The van der Waals surface area contributed by atoms with Crippen LogP contribution < -0.4 is 16.4 Å². The van der Waals surface area contributed by atoms with E-state index in [1.54, 1.807) is 0 Å². The Kier molecular flexibility index (Phi) is 5.92. The number of nitrogens with two attached hydrogens (primary N) is 1. The Labute approximate surface area is 118 Å². The molecule has 3 amide bonds. The Morgan fingerprint density at radius 2 is 1.95 bits per heavy atom. The Morgan fingerprint density at radius 3 is 2.52 bits per heavy atom. The summed E-state index contributed by atoms with van der Waals surface area (Å²) in [7, 11) is 0. The summed E-state index contributed by atoms with van der Waals surface area (Å²) < 4.78 is 5.15. The Hall–Kier alpha value is -2.85. The van der Waals surface area contributed by atoms with Crippen LogP contribution in [0.3, 0.4) is 0 Å². The number of carbonyl (C=O) groups excluding carboxylic acids is 1. The molecule has 0 saturated carbocycles. The number of primary amides is 1. The van der Waals surface area contributed by atoms with Crippen LogP contribution >= 0.6 is 0 Å². The lowest BCUT2D eigenvalue weighted by molar-refractivity contribution is -0.117. The third-order valence-electron chi connectivity index (χ3n) is 2.35. The standard InChI is InChI=1S/C10H15N5O6/c11-6(16)4-7-14-15-8(21-7)5(13-10(19)20)2-1-3-12-9(17)18/h5,12-13H,1-4H2,(H2,11,16)(H,17,18)(H,19,20). The van der Waals surface area contributed by atoms with E-state index in [0.717, 1.165) is 0 Å². The van der Waals surface area contributed by atoms with Gasteiger partial charge in [0.15, 0.2) is 0 Å². The van der Waals surface area contributed by atoms with Crippen LogP contribution in [0.1, 0.15) is 30.7 Å². The molecule has 0 aromatic carbocycles. The number of hydrogen-bond acceptors (Lipinski definition) is 6. The van der Waals surface area contributed by atoms with E-state index >= 15 is 0 Å². The summed E-state index contributed by atoms with van der Waals surface area (Å²) in [6.45, 7) is 0.148. The summed E-state index contributed by atoms with van der Waals surface area (Å²) in [6.07, 6.45) is -2.11. The summed E-state index contributed by atoms with van der Waals surface area (Å²) in [5.41, 5.74) is 4.98. The molecule has 0 saturated heterocycles. The molecule has 21 heavy (non-hydrogen) atoms. The molecule has 1 heterocycles. The van der Waals surface area contributed by atoms with E-state index < -0.39 is 24.1 Å². The van der Waals surface area contributed by atoms with Gasteiger partial charge in [0.2, 0.25) is 17.7 Å². The van der Waals surface area contributed by atoms with E-state index in [0.29, 0.717) is 6.42 Å². The van der Waals surface area contributed by atoms with Crippen LogP contribution in [0.15, 0.2) is 4.42 Å². The van der Waals surface area contributed by atoms with Crippen molar-refractivity contribution >= 4 is 18.1 Å². The first-order valence-corrected chi connectivity index (χ1v) is 5.95. The van der Waals surface area contributed by atoms with E-state index in [9.17, 15) is 14.4 Å². The molecule has 11 heteroatoms. The van der Waals surface area contributed by atoms with Gasteiger partial charge >= 0.3 is 12.2 Å². The van der Waals surface area contributed by atoms with Crippen LogP contribution in [0.2, 0.25) is 0 Å². The highest BCUT2D eigenvalue weighted by Gasteiger charge is 2.21.